The standard InChI is InChI=1S/C16H24O4/c1-4-5-6-14(16(18)20-3)15(17)13-9-7-12(8-10-13)11-19-2/h7-10,14-15,17H,4-6,11H2,1-3H3. The Labute approximate surface area is 120 Å². The van der Waals surface area contributed by atoms with E-state index in [4.69, 9.17) is 9.47 Å². The fraction of sp³-hybridized carbons (Fsp3) is 0.562. The average molecular weight is 280 g/mol. The van der Waals surface area contributed by atoms with E-state index in [-0.39, 0.29) is 5.97 Å². The number of unbranched alkanes of at least 4 members (excludes halogenated alkanes) is 1. The molecule has 112 valence electrons. The molecule has 0 radical (unpaired) electrons. The van der Waals surface area contributed by atoms with Crippen molar-refractivity contribution in [3.05, 3.63) is 35.4 Å². The molecule has 1 aromatic rings. The molecule has 0 heterocycles. The number of carbonyl (C=O) groups excluding carboxylic acids is 1. The summed E-state index contributed by atoms with van der Waals surface area (Å²) in [5, 5.41) is 10.4. The van der Waals surface area contributed by atoms with Crippen LogP contribution in [-0.4, -0.2) is 25.3 Å². The van der Waals surface area contributed by atoms with E-state index in [2.05, 4.69) is 6.92 Å². The molecule has 0 bridgehead atoms. The summed E-state index contributed by atoms with van der Waals surface area (Å²) in [6.07, 6.45) is 1.67. The molecule has 2 unspecified atom stereocenters. The number of methoxy groups -OCH3 is 2. The van der Waals surface area contributed by atoms with E-state index in [0.29, 0.717) is 13.0 Å². The molecule has 4 heteroatoms. The molecule has 4 nitrogen and oxygen atoms in total. The Bertz CT molecular complexity index is 399. The molecule has 1 aromatic carbocycles. The first-order valence-electron chi connectivity index (χ1n) is 6.97. The summed E-state index contributed by atoms with van der Waals surface area (Å²) in [6, 6.07) is 7.47. The van der Waals surface area contributed by atoms with Crippen molar-refractivity contribution < 1.29 is 19.4 Å². The summed E-state index contributed by atoms with van der Waals surface area (Å²) in [5.74, 6) is -0.861. The number of benzene rings is 1. The molecule has 2 atom stereocenters. The van der Waals surface area contributed by atoms with Gasteiger partial charge in [-0.3, -0.25) is 4.79 Å². The van der Waals surface area contributed by atoms with Crippen LogP contribution in [0.1, 0.15) is 43.4 Å². The van der Waals surface area contributed by atoms with Crippen molar-refractivity contribution in [3.8, 4) is 0 Å². The Balaban J connectivity index is 2.81. The van der Waals surface area contributed by atoms with Gasteiger partial charge in [-0.05, 0) is 17.5 Å². The highest BCUT2D eigenvalue weighted by atomic mass is 16.5. The minimum absolute atomic E-state index is 0.355. The Hall–Kier alpha value is -1.39. The monoisotopic (exact) mass is 280 g/mol. The molecule has 0 aliphatic carbocycles. The molecule has 0 saturated carbocycles. The topological polar surface area (TPSA) is 55.8 Å². The zero-order chi connectivity index (χ0) is 15.0. The normalized spacial score (nSPS) is 13.8. The molecule has 0 aromatic heterocycles. The van der Waals surface area contributed by atoms with Gasteiger partial charge in [0.25, 0.3) is 0 Å². The highest BCUT2D eigenvalue weighted by Crippen LogP contribution is 2.27. The van der Waals surface area contributed by atoms with Crippen molar-refractivity contribution in [2.75, 3.05) is 14.2 Å². The average Bonchev–Trinajstić information content (AvgIpc) is 2.48. The van der Waals surface area contributed by atoms with Crippen molar-refractivity contribution in [3.63, 3.8) is 0 Å². The molecule has 0 aliphatic heterocycles. The number of ether oxygens (including phenoxy) is 2. The van der Waals surface area contributed by atoms with E-state index in [1.807, 2.05) is 24.3 Å². The molecule has 0 saturated heterocycles. The lowest BCUT2D eigenvalue weighted by atomic mass is 9.91. The number of rotatable bonds is 8. The van der Waals surface area contributed by atoms with Gasteiger partial charge in [0.2, 0.25) is 0 Å². The maximum atomic E-state index is 11.8. The molecular formula is C16H24O4. The molecule has 0 spiro atoms. The van der Waals surface area contributed by atoms with Gasteiger partial charge in [0.1, 0.15) is 0 Å². The van der Waals surface area contributed by atoms with Crippen LogP contribution in [0.3, 0.4) is 0 Å². The van der Waals surface area contributed by atoms with Gasteiger partial charge in [0.05, 0.1) is 25.7 Å². The second kappa shape index (κ2) is 8.72. The van der Waals surface area contributed by atoms with Gasteiger partial charge in [-0.25, -0.2) is 0 Å². The maximum Gasteiger partial charge on any atom is 0.311 e. The highest BCUT2D eigenvalue weighted by Gasteiger charge is 2.28. The number of carbonyl (C=O) groups is 1. The van der Waals surface area contributed by atoms with E-state index >= 15 is 0 Å². The molecular weight excluding hydrogens is 256 g/mol. The second-order valence-electron chi connectivity index (χ2n) is 4.89. The van der Waals surface area contributed by atoms with Gasteiger partial charge < -0.3 is 14.6 Å². The first-order chi connectivity index (χ1) is 9.63. The van der Waals surface area contributed by atoms with Gasteiger partial charge in [-0.1, -0.05) is 44.0 Å². The van der Waals surface area contributed by atoms with Gasteiger partial charge >= 0.3 is 5.97 Å². The number of hydrogen-bond donors (Lipinski definition) is 1. The summed E-state index contributed by atoms with van der Waals surface area (Å²) in [7, 11) is 3.00. The second-order valence-corrected chi connectivity index (χ2v) is 4.89. The number of aliphatic hydroxyl groups excluding tert-OH is 1. The van der Waals surface area contributed by atoms with Crippen LogP contribution < -0.4 is 0 Å². The molecule has 0 amide bonds. The number of aliphatic hydroxyl groups is 1. The molecule has 20 heavy (non-hydrogen) atoms. The lowest BCUT2D eigenvalue weighted by Gasteiger charge is -2.21. The third-order valence-corrected chi connectivity index (χ3v) is 3.39. The molecule has 1 rings (SSSR count). The fourth-order valence-electron chi connectivity index (χ4n) is 2.19. The fourth-order valence-corrected chi connectivity index (χ4v) is 2.19. The van der Waals surface area contributed by atoms with Crippen LogP contribution in [0, 0.1) is 5.92 Å². The van der Waals surface area contributed by atoms with Crippen molar-refractivity contribution in [1.82, 2.24) is 0 Å². The van der Waals surface area contributed by atoms with E-state index in [0.717, 1.165) is 24.0 Å². The Kier molecular flexibility index (Phi) is 7.26. The van der Waals surface area contributed by atoms with Gasteiger partial charge in [0, 0.05) is 7.11 Å². The SMILES string of the molecule is CCCCC(C(=O)OC)C(O)c1ccc(COC)cc1. The summed E-state index contributed by atoms with van der Waals surface area (Å²) in [5.41, 5.74) is 1.77. The Morgan fingerprint density at radius 3 is 2.40 bits per heavy atom. The lowest BCUT2D eigenvalue weighted by Crippen LogP contribution is -2.23. The first kappa shape index (κ1) is 16.7. The Morgan fingerprint density at radius 2 is 1.90 bits per heavy atom. The van der Waals surface area contributed by atoms with E-state index in [1.165, 1.54) is 7.11 Å². The van der Waals surface area contributed by atoms with E-state index < -0.39 is 12.0 Å². The van der Waals surface area contributed by atoms with Crippen LogP contribution in [0.15, 0.2) is 24.3 Å². The van der Waals surface area contributed by atoms with Crippen molar-refractivity contribution in [2.24, 2.45) is 5.92 Å². The predicted molar refractivity (Wildman–Crippen MR) is 77.1 cm³/mol. The van der Waals surface area contributed by atoms with Gasteiger partial charge in [0.15, 0.2) is 0 Å². The van der Waals surface area contributed by atoms with Crippen molar-refractivity contribution in [2.45, 2.75) is 38.9 Å². The van der Waals surface area contributed by atoms with Gasteiger partial charge in [-0.15, -0.1) is 0 Å². The van der Waals surface area contributed by atoms with Crippen LogP contribution in [0.4, 0.5) is 0 Å². The van der Waals surface area contributed by atoms with Crippen molar-refractivity contribution in [1.29, 1.82) is 0 Å². The van der Waals surface area contributed by atoms with Crippen LogP contribution in [0.5, 0.6) is 0 Å². The predicted octanol–water partition coefficient (Wildman–Crippen LogP) is 2.85. The minimum atomic E-state index is -0.828. The summed E-state index contributed by atoms with van der Waals surface area (Å²) >= 11 is 0. The van der Waals surface area contributed by atoms with Crippen LogP contribution >= 0.6 is 0 Å². The highest BCUT2D eigenvalue weighted by molar-refractivity contribution is 5.73. The van der Waals surface area contributed by atoms with Crippen LogP contribution in [0.2, 0.25) is 0 Å². The number of hydrogen-bond acceptors (Lipinski definition) is 4. The zero-order valence-corrected chi connectivity index (χ0v) is 12.5. The van der Waals surface area contributed by atoms with Crippen LogP contribution in [0.25, 0.3) is 0 Å². The third-order valence-electron chi connectivity index (χ3n) is 3.39. The quantitative estimate of drug-likeness (QED) is 0.744. The van der Waals surface area contributed by atoms with E-state index in [9.17, 15) is 9.90 Å². The van der Waals surface area contributed by atoms with E-state index in [1.54, 1.807) is 7.11 Å². The largest absolute Gasteiger partial charge is 0.469 e. The van der Waals surface area contributed by atoms with Crippen molar-refractivity contribution >= 4 is 5.97 Å². The molecule has 0 aliphatic rings. The smallest absolute Gasteiger partial charge is 0.311 e. The first-order valence-corrected chi connectivity index (χ1v) is 6.97. The minimum Gasteiger partial charge on any atom is -0.469 e. The molecule has 0 fully saturated rings. The Morgan fingerprint density at radius 1 is 1.25 bits per heavy atom. The summed E-state index contributed by atoms with van der Waals surface area (Å²) < 4.78 is 9.84. The maximum absolute atomic E-state index is 11.8. The van der Waals surface area contributed by atoms with Crippen LogP contribution in [-0.2, 0) is 20.9 Å². The molecule has 1 N–H and O–H groups in total. The van der Waals surface area contributed by atoms with Gasteiger partial charge in [-0.2, -0.15) is 0 Å². The summed E-state index contributed by atoms with van der Waals surface area (Å²) in [6.45, 7) is 2.59. The zero-order valence-electron chi connectivity index (χ0n) is 12.5. The summed E-state index contributed by atoms with van der Waals surface area (Å²) in [4.78, 5) is 11.8. The number of esters is 1. The lowest BCUT2D eigenvalue weighted by molar-refractivity contribution is -0.150. The third kappa shape index (κ3) is 4.62.